The SMILES string of the molecule is CCCCCCCC/C=C\CCCCCCCCCC(=O)O[C@H](COC(=O)CCC/C=C\C/C=C\C/C=C\C/C=C\CCC[C@@H](C)O)COP(=O)(O)OCC[N+](C)(C)C. The molecule has 0 aliphatic rings. The number of nitrogens with zero attached hydrogens (tertiary/aromatic N) is 1. The summed E-state index contributed by atoms with van der Waals surface area (Å²) >= 11 is 0. The van der Waals surface area contributed by atoms with Crippen LogP contribution in [0.1, 0.15) is 174 Å². The van der Waals surface area contributed by atoms with Gasteiger partial charge in [0.25, 0.3) is 0 Å². The van der Waals surface area contributed by atoms with E-state index in [1.54, 1.807) is 0 Å². The van der Waals surface area contributed by atoms with Crippen LogP contribution in [0, 0.1) is 0 Å². The zero-order valence-electron chi connectivity index (χ0n) is 38.1. The Morgan fingerprint density at radius 2 is 1.05 bits per heavy atom. The van der Waals surface area contributed by atoms with Crippen LogP contribution in [0.3, 0.4) is 0 Å². The fraction of sp³-hybridized carbons (Fsp3) is 0.750. The maximum atomic E-state index is 12.7. The molecular weight excluding hydrogens is 766 g/mol. The van der Waals surface area contributed by atoms with E-state index in [0.29, 0.717) is 23.9 Å². The third-order valence-electron chi connectivity index (χ3n) is 9.54. The van der Waals surface area contributed by atoms with E-state index < -0.39 is 32.5 Å². The molecule has 0 spiro atoms. The Bertz CT molecular complexity index is 1210. The molecule has 11 heteroatoms. The van der Waals surface area contributed by atoms with Crippen LogP contribution in [0.4, 0.5) is 0 Å². The lowest BCUT2D eigenvalue weighted by atomic mass is 10.1. The second-order valence-electron chi connectivity index (χ2n) is 16.7. The summed E-state index contributed by atoms with van der Waals surface area (Å²) in [7, 11) is 1.42. The number of esters is 2. The van der Waals surface area contributed by atoms with Crippen molar-refractivity contribution in [2.75, 3.05) is 47.5 Å². The molecule has 0 aliphatic heterocycles. The van der Waals surface area contributed by atoms with Crippen LogP contribution in [-0.2, 0) is 32.7 Å². The molecule has 0 saturated carbocycles. The van der Waals surface area contributed by atoms with Gasteiger partial charge in [0, 0.05) is 12.8 Å². The van der Waals surface area contributed by atoms with Crippen LogP contribution in [0.25, 0.3) is 0 Å². The highest BCUT2D eigenvalue weighted by molar-refractivity contribution is 7.47. The van der Waals surface area contributed by atoms with Crippen LogP contribution < -0.4 is 0 Å². The maximum absolute atomic E-state index is 12.7. The minimum absolute atomic E-state index is 0.0148. The van der Waals surface area contributed by atoms with Crippen LogP contribution in [0.15, 0.2) is 60.8 Å². The zero-order valence-corrected chi connectivity index (χ0v) is 39.0. The highest BCUT2D eigenvalue weighted by Gasteiger charge is 2.27. The van der Waals surface area contributed by atoms with E-state index >= 15 is 0 Å². The number of carbonyl (C=O) groups is 2. The number of aliphatic hydroxyl groups is 1. The van der Waals surface area contributed by atoms with Crippen molar-refractivity contribution >= 4 is 19.8 Å². The molecule has 0 fully saturated rings. The fourth-order valence-electron chi connectivity index (χ4n) is 5.90. The highest BCUT2D eigenvalue weighted by atomic mass is 31.2. The number of rotatable bonds is 41. The molecule has 0 amide bonds. The van der Waals surface area contributed by atoms with Crippen molar-refractivity contribution in [2.45, 2.75) is 187 Å². The van der Waals surface area contributed by atoms with E-state index in [1.165, 1.54) is 64.2 Å². The van der Waals surface area contributed by atoms with Crippen molar-refractivity contribution in [3.05, 3.63) is 60.8 Å². The molecule has 0 aliphatic carbocycles. The van der Waals surface area contributed by atoms with Crippen molar-refractivity contribution in [3.63, 3.8) is 0 Å². The lowest BCUT2D eigenvalue weighted by molar-refractivity contribution is -0.870. The number of aliphatic hydroxyl groups excluding tert-OH is 1. The Kier molecular flexibility index (Phi) is 38.2. The van der Waals surface area contributed by atoms with Gasteiger partial charge >= 0.3 is 19.8 Å². The van der Waals surface area contributed by atoms with Crippen molar-refractivity contribution in [3.8, 4) is 0 Å². The summed E-state index contributed by atoms with van der Waals surface area (Å²) < 4.78 is 34.3. The molecule has 0 bridgehead atoms. The van der Waals surface area contributed by atoms with Gasteiger partial charge in [0.15, 0.2) is 6.10 Å². The molecule has 0 saturated heterocycles. The predicted octanol–water partition coefficient (Wildman–Crippen LogP) is 12.2. The second-order valence-corrected chi connectivity index (χ2v) is 18.2. The number of phosphoric acid groups is 1. The first-order chi connectivity index (χ1) is 28.3. The van der Waals surface area contributed by atoms with Crippen molar-refractivity contribution in [1.29, 1.82) is 0 Å². The van der Waals surface area contributed by atoms with Crippen LogP contribution in [0.5, 0.6) is 0 Å². The molecule has 1 unspecified atom stereocenters. The largest absolute Gasteiger partial charge is 0.472 e. The van der Waals surface area contributed by atoms with Gasteiger partial charge < -0.3 is 24.0 Å². The average molecular weight is 853 g/mol. The monoisotopic (exact) mass is 853 g/mol. The number of quaternary nitrogens is 1. The van der Waals surface area contributed by atoms with Gasteiger partial charge in [-0.3, -0.25) is 18.6 Å². The molecular formula is C48H87NO9P+. The first-order valence-electron chi connectivity index (χ1n) is 23.0. The number of likely N-dealkylation sites (N-methyl/N-ethyl adjacent to an activating group) is 1. The standard InChI is InChI=1S/C48H86NO9P/c1-6-7-8-9-10-11-12-13-14-15-18-22-25-28-31-34-37-40-48(52)58-46(44-57-59(53,54)56-42-41-49(3,4)5)43-55-47(51)39-36-33-30-27-24-21-19-16-17-20-23-26-29-32-35-38-45(2)50/h13-14,17,19-21,26-27,29-30,45-46,50H,6-12,15-16,18,22-25,28,31-44H2,1-5H3/p+1/b14-13-,20-17-,21-19-,29-26-,30-27-/t45-,46-/m1/s1. The minimum atomic E-state index is -4.40. The molecule has 342 valence electrons. The number of hydrogen-bond acceptors (Lipinski definition) is 8. The quantitative estimate of drug-likeness (QED) is 0.0203. The minimum Gasteiger partial charge on any atom is -0.462 e. The van der Waals surface area contributed by atoms with E-state index in [2.05, 4.69) is 61.6 Å². The highest BCUT2D eigenvalue weighted by Crippen LogP contribution is 2.43. The Morgan fingerprint density at radius 1 is 0.593 bits per heavy atom. The molecule has 0 aromatic heterocycles. The Hall–Kier alpha value is -2.33. The Labute approximate surface area is 360 Å². The molecule has 59 heavy (non-hydrogen) atoms. The Morgan fingerprint density at radius 3 is 1.59 bits per heavy atom. The summed E-state index contributed by atoms with van der Waals surface area (Å²) in [5.74, 6) is -0.888. The van der Waals surface area contributed by atoms with Gasteiger partial charge in [-0.05, 0) is 90.4 Å². The summed E-state index contributed by atoms with van der Waals surface area (Å²) in [6.45, 7) is 3.89. The van der Waals surface area contributed by atoms with Gasteiger partial charge in [-0.1, -0.05) is 132 Å². The van der Waals surface area contributed by atoms with Gasteiger partial charge in [0.1, 0.15) is 19.8 Å². The zero-order chi connectivity index (χ0) is 43.7. The van der Waals surface area contributed by atoms with E-state index in [9.17, 15) is 24.2 Å². The van der Waals surface area contributed by atoms with Crippen molar-refractivity contribution < 1.29 is 47.2 Å². The summed E-state index contributed by atoms with van der Waals surface area (Å²) in [6, 6.07) is 0. The smallest absolute Gasteiger partial charge is 0.462 e. The topological polar surface area (TPSA) is 129 Å². The third kappa shape index (κ3) is 45.0. The normalized spacial score (nSPS) is 14.6. The van der Waals surface area contributed by atoms with Crippen molar-refractivity contribution in [1.82, 2.24) is 0 Å². The molecule has 0 aromatic carbocycles. The molecule has 0 radical (unpaired) electrons. The lowest BCUT2D eigenvalue weighted by Gasteiger charge is -2.24. The van der Waals surface area contributed by atoms with Gasteiger partial charge in [0.05, 0.1) is 33.9 Å². The third-order valence-corrected chi connectivity index (χ3v) is 10.5. The summed E-state index contributed by atoms with van der Waals surface area (Å²) in [5.41, 5.74) is 0. The molecule has 3 atom stereocenters. The number of unbranched alkanes of at least 4 members (excludes halogenated alkanes) is 15. The lowest BCUT2D eigenvalue weighted by Crippen LogP contribution is -2.37. The number of phosphoric ester groups is 1. The number of carbonyl (C=O) groups excluding carboxylic acids is 2. The van der Waals surface area contributed by atoms with Crippen molar-refractivity contribution in [2.24, 2.45) is 0 Å². The molecule has 2 N–H and O–H groups in total. The average Bonchev–Trinajstić information content (AvgIpc) is 3.17. The number of hydrogen-bond donors (Lipinski definition) is 2. The Balaban J connectivity index is 4.43. The van der Waals surface area contributed by atoms with Gasteiger partial charge in [-0.15, -0.1) is 0 Å². The van der Waals surface area contributed by atoms with Crippen LogP contribution in [-0.4, -0.2) is 86.1 Å². The van der Waals surface area contributed by atoms with E-state index in [0.717, 1.165) is 70.6 Å². The maximum Gasteiger partial charge on any atom is 0.472 e. The molecule has 10 nitrogen and oxygen atoms in total. The van der Waals surface area contributed by atoms with Gasteiger partial charge in [-0.25, -0.2) is 4.57 Å². The first kappa shape index (κ1) is 56.7. The second kappa shape index (κ2) is 39.8. The first-order valence-corrected chi connectivity index (χ1v) is 24.5. The molecule has 0 heterocycles. The fourth-order valence-corrected chi connectivity index (χ4v) is 6.64. The summed E-state index contributed by atoms with van der Waals surface area (Å²) in [4.78, 5) is 35.4. The van der Waals surface area contributed by atoms with Gasteiger partial charge in [0.2, 0.25) is 0 Å². The number of ether oxygens (including phenoxy) is 2. The summed E-state index contributed by atoms with van der Waals surface area (Å²) in [5, 5.41) is 9.28. The molecule has 0 rings (SSSR count). The van der Waals surface area contributed by atoms with E-state index in [1.807, 2.05) is 34.1 Å². The van der Waals surface area contributed by atoms with E-state index in [4.69, 9.17) is 18.5 Å². The van der Waals surface area contributed by atoms with E-state index in [-0.39, 0.29) is 32.2 Å². The number of allylic oxidation sites excluding steroid dienone is 10. The molecule has 0 aromatic rings. The van der Waals surface area contributed by atoms with Gasteiger partial charge in [-0.2, -0.15) is 0 Å². The van der Waals surface area contributed by atoms with Crippen LogP contribution in [0.2, 0.25) is 0 Å². The predicted molar refractivity (Wildman–Crippen MR) is 244 cm³/mol. The van der Waals surface area contributed by atoms with Crippen LogP contribution >= 0.6 is 7.82 Å². The summed E-state index contributed by atoms with van der Waals surface area (Å²) in [6.07, 6.45) is 45.5.